The van der Waals surface area contributed by atoms with Crippen molar-refractivity contribution in [1.29, 1.82) is 0 Å². The average Bonchev–Trinajstić information content (AvgIpc) is 3.12. The molecule has 0 aliphatic rings. The second kappa shape index (κ2) is 9.28. The number of benzene rings is 2. The van der Waals surface area contributed by atoms with Crippen LogP contribution in [0.1, 0.15) is 22.6 Å². The lowest BCUT2D eigenvalue weighted by Crippen LogP contribution is -2.34. The van der Waals surface area contributed by atoms with Gasteiger partial charge < -0.3 is 10.6 Å². The monoisotopic (exact) mass is 393 g/mol. The molecule has 0 atom stereocenters. The molecule has 0 saturated carbocycles. The van der Waals surface area contributed by atoms with Gasteiger partial charge in [0.2, 0.25) is 11.8 Å². The van der Waals surface area contributed by atoms with Gasteiger partial charge in [-0.3, -0.25) is 9.59 Å². The first-order chi connectivity index (χ1) is 13.5. The number of thiazole rings is 1. The minimum absolute atomic E-state index is 0.0256. The normalized spacial score (nSPS) is 10.6. The predicted molar refractivity (Wildman–Crippen MR) is 112 cm³/mol. The minimum atomic E-state index is -0.409. The molecule has 3 rings (SSSR count). The fourth-order valence-electron chi connectivity index (χ4n) is 2.92. The van der Waals surface area contributed by atoms with E-state index in [0.717, 1.165) is 27.4 Å². The van der Waals surface area contributed by atoms with Crippen LogP contribution < -0.4 is 5.73 Å². The third kappa shape index (κ3) is 5.50. The Kier molecular flexibility index (Phi) is 6.55. The Morgan fingerprint density at radius 3 is 2.36 bits per heavy atom. The van der Waals surface area contributed by atoms with E-state index >= 15 is 0 Å². The highest BCUT2D eigenvalue weighted by Crippen LogP contribution is 2.22. The minimum Gasteiger partial charge on any atom is -0.370 e. The number of amides is 2. The molecule has 0 fully saturated rings. The summed E-state index contributed by atoms with van der Waals surface area (Å²) in [5.74, 6) is -0.434. The molecule has 5 nitrogen and oxygen atoms in total. The Morgan fingerprint density at radius 1 is 1.04 bits per heavy atom. The zero-order valence-electron chi connectivity index (χ0n) is 15.8. The number of carbonyl (C=O) groups is 2. The van der Waals surface area contributed by atoms with Crippen molar-refractivity contribution in [3.8, 4) is 11.3 Å². The Morgan fingerprint density at radius 2 is 1.75 bits per heavy atom. The molecule has 2 amide bonds. The molecule has 0 bridgehead atoms. The number of rotatable bonds is 8. The van der Waals surface area contributed by atoms with Crippen molar-refractivity contribution < 1.29 is 9.59 Å². The first-order valence-corrected chi connectivity index (χ1v) is 10.0. The third-order valence-corrected chi connectivity index (χ3v) is 5.19. The van der Waals surface area contributed by atoms with Crippen LogP contribution >= 0.6 is 11.3 Å². The van der Waals surface area contributed by atoms with Crippen LogP contribution in [-0.4, -0.2) is 28.2 Å². The number of carbonyl (C=O) groups excluding carboxylic acids is 2. The van der Waals surface area contributed by atoms with E-state index in [9.17, 15) is 9.59 Å². The van der Waals surface area contributed by atoms with Gasteiger partial charge in [-0.05, 0) is 18.1 Å². The van der Waals surface area contributed by atoms with Crippen molar-refractivity contribution in [1.82, 2.24) is 9.88 Å². The van der Waals surface area contributed by atoms with Gasteiger partial charge in [0.15, 0.2) is 0 Å². The van der Waals surface area contributed by atoms with Crippen LogP contribution in [0.25, 0.3) is 11.3 Å². The van der Waals surface area contributed by atoms with Gasteiger partial charge in [-0.1, -0.05) is 54.6 Å². The van der Waals surface area contributed by atoms with Crippen molar-refractivity contribution >= 4 is 23.2 Å². The summed E-state index contributed by atoms with van der Waals surface area (Å²) in [6.07, 6.45) is 0.433. The quantitative estimate of drug-likeness (QED) is 0.636. The lowest BCUT2D eigenvalue weighted by Gasteiger charge is -2.22. The highest BCUT2D eigenvalue weighted by atomic mass is 32.1. The molecule has 0 spiro atoms. The first kappa shape index (κ1) is 19.8. The number of aryl methyl sites for hydroxylation is 1. The highest BCUT2D eigenvalue weighted by molar-refractivity contribution is 7.09. The smallest absolute Gasteiger partial charge is 0.227 e. The van der Waals surface area contributed by atoms with Crippen LogP contribution in [0.4, 0.5) is 0 Å². The van der Waals surface area contributed by atoms with Crippen LogP contribution in [0, 0.1) is 6.92 Å². The van der Waals surface area contributed by atoms with Crippen molar-refractivity contribution in [3.63, 3.8) is 0 Å². The Bertz CT molecular complexity index is 936. The molecule has 0 unspecified atom stereocenters. The highest BCUT2D eigenvalue weighted by Gasteiger charge is 2.16. The van der Waals surface area contributed by atoms with Crippen molar-refractivity contribution in [2.24, 2.45) is 5.73 Å². The van der Waals surface area contributed by atoms with Gasteiger partial charge in [-0.2, -0.15) is 0 Å². The fourth-order valence-corrected chi connectivity index (χ4v) is 3.54. The molecule has 0 aliphatic heterocycles. The Balaban J connectivity index is 1.68. The molecule has 0 saturated heterocycles. The van der Waals surface area contributed by atoms with Gasteiger partial charge in [-0.15, -0.1) is 11.3 Å². The van der Waals surface area contributed by atoms with Crippen LogP contribution in [0.5, 0.6) is 0 Å². The summed E-state index contributed by atoms with van der Waals surface area (Å²) >= 11 is 1.62. The lowest BCUT2D eigenvalue weighted by atomic mass is 10.1. The summed E-state index contributed by atoms with van der Waals surface area (Å²) in [6.45, 7) is 2.76. The molecule has 6 heteroatoms. The second-order valence-corrected chi connectivity index (χ2v) is 7.70. The van der Waals surface area contributed by atoms with E-state index in [2.05, 4.69) is 4.98 Å². The number of aromatic nitrogens is 1. The van der Waals surface area contributed by atoms with E-state index in [1.165, 1.54) is 0 Å². The van der Waals surface area contributed by atoms with Crippen molar-refractivity contribution in [3.05, 3.63) is 76.1 Å². The molecule has 1 aromatic heterocycles. The van der Waals surface area contributed by atoms with Gasteiger partial charge in [-0.25, -0.2) is 4.98 Å². The summed E-state index contributed by atoms with van der Waals surface area (Å²) in [5, 5.41) is 3.06. The van der Waals surface area contributed by atoms with Gasteiger partial charge in [0.05, 0.1) is 17.1 Å². The SMILES string of the molecule is Cc1nc(-c2ccc(CC(=O)N(CCC(N)=O)Cc3ccccc3)cc2)cs1. The van der Waals surface area contributed by atoms with Crippen molar-refractivity contribution in [2.75, 3.05) is 6.54 Å². The van der Waals surface area contributed by atoms with Crippen LogP contribution in [0.15, 0.2) is 60.0 Å². The van der Waals surface area contributed by atoms with E-state index in [0.29, 0.717) is 13.1 Å². The summed E-state index contributed by atoms with van der Waals surface area (Å²) in [6, 6.07) is 17.6. The third-order valence-electron chi connectivity index (χ3n) is 4.42. The predicted octanol–water partition coefficient (Wildman–Crippen LogP) is 3.57. The lowest BCUT2D eigenvalue weighted by molar-refractivity contribution is -0.131. The topological polar surface area (TPSA) is 76.3 Å². The number of primary amides is 1. The van der Waals surface area contributed by atoms with E-state index in [1.54, 1.807) is 16.2 Å². The van der Waals surface area contributed by atoms with Gasteiger partial charge in [0, 0.05) is 30.5 Å². The second-order valence-electron chi connectivity index (χ2n) is 6.64. The zero-order chi connectivity index (χ0) is 19.9. The molecule has 2 aromatic carbocycles. The van der Waals surface area contributed by atoms with Crippen LogP contribution in [0.2, 0.25) is 0 Å². The summed E-state index contributed by atoms with van der Waals surface area (Å²) in [5.41, 5.74) is 9.22. The van der Waals surface area contributed by atoms with Crippen molar-refractivity contribution in [2.45, 2.75) is 26.3 Å². The zero-order valence-corrected chi connectivity index (χ0v) is 16.6. The van der Waals surface area contributed by atoms with Gasteiger partial charge in [0.1, 0.15) is 0 Å². The largest absolute Gasteiger partial charge is 0.370 e. The number of hydrogen-bond donors (Lipinski definition) is 1. The maximum Gasteiger partial charge on any atom is 0.227 e. The van der Waals surface area contributed by atoms with Crippen LogP contribution in [0.3, 0.4) is 0 Å². The number of nitrogens with two attached hydrogens (primary N) is 1. The Labute approximate surface area is 168 Å². The fraction of sp³-hybridized carbons (Fsp3) is 0.227. The van der Waals surface area contributed by atoms with E-state index in [1.807, 2.05) is 66.9 Å². The van der Waals surface area contributed by atoms with Gasteiger partial charge >= 0.3 is 0 Å². The summed E-state index contributed by atoms with van der Waals surface area (Å²) in [7, 11) is 0. The maximum atomic E-state index is 12.9. The molecule has 3 aromatic rings. The molecule has 0 aliphatic carbocycles. The summed E-state index contributed by atoms with van der Waals surface area (Å²) in [4.78, 5) is 30.2. The van der Waals surface area contributed by atoms with Crippen LogP contribution in [-0.2, 0) is 22.6 Å². The molecular formula is C22H23N3O2S. The molecule has 2 N–H and O–H groups in total. The van der Waals surface area contributed by atoms with E-state index in [4.69, 9.17) is 5.73 Å². The summed E-state index contributed by atoms with van der Waals surface area (Å²) < 4.78 is 0. The van der Waals surface area contributed by atoms with E-state index < -0.39 is 5.91 Å². The Hall–Kier alpha value is -2.99. The number of nitrogens with zero attached hydrogens (tertiary/aromatic N) is 2. The van der Waals surface area contributed by atoms with Gasteiger partial charge in [0.25, 0.3) is 0 Å². The maximum absolute atomic E-state index is 12.9. The first-order valence-electron chi connectivity index (χ1n) is 9.12. The molecule has 0 radical (unpaired) electrons. The molecular weight excluding hydrogens is 370 g/mol. The number of hydrogen-bond acceptors (Lipinski definition) is 4. The molecule has 144 valence electrons. The molecule has 1 heterocycles. The standard InChI is InChI=1S/C22H23N3O2S/c1-16-24-20(15-28-16)19-9-7-17(8-10-19)13-22(27)25(12-11-21(23)26)14-18-5-3-2-4-6-18/h2-10,15H,11-14H2,1H3,(H2,23,26). The average molecular weight is 394 g/mol. The van der Waals surface area contributed by atoms with E-state index in [-0.39, 0.29) is 18.7 Å². The molecule has 28 heavy (non-hydrogen) atoms.